The van der Waals surface area contributed by atoms with Gasteiger partial charge in [0.25, 0.3) is 0 Å². The van der Waals surface area contributed by atoms with E-state index in [-0.39, 0.29) is 0 Å². The van der Waals surface area contributed by atoms with Crippen LogP contribution in [0.1, 0.15) is 23.6 Å². The summed E-state index contributed by atoms with van der Waals surface area (Å²) in [5.41, 5.74) is 9.23. The highest BCUT2D eigenvalue weighted by molar-refractivity contribution is 5.41. The average molecular weight is 241 g/mol. The van der Waals surface area contributed by atoms with Gasteiger partial charge >= 0.3 is 0 Å². The number of hydrogen-bond donors (Lipinski definition) is 1. The van der Waals surface area contributed by atoms with Crippen LogP contribution in [0.25, 0.3) is 0 Å². The zero-order valence-electron chi connectivity index (χ0n) is 10.9. The van der Waals surface area contributed by atoms with Gasteiger partial charge in [-0.15, -0.1) is 0 Å². The Morgan fingerprint density at radius 3 is 2.39 bits per heavy atom. The third-order valence-electron chi connectivity index (χ3n) is 3.00. The Hall–Kier alpha value is -1.80. The Bertz CT molecular complexity index is 517. The van der Waals surface area contributed by atoms with E-state index in [1.807, 2.05) is 31.2 Å². The van der Waals surface area contributed by atoms with Gasteiger partial charge in [-0.05, 0) is 42.7 Å². The summed E-state index contributed by atoms with van der Waals surface area (Å²) in [7, 11) is 0. The van der Waals surface area contributed by atoms with Crippen molar-refractivity contribution >= 4 is 0 Å². The molecule has 2 rings (SSSR count). The van der Waals surface area contributed by atoms with Crippen LogP contribution in [0.4, 0.5) is 0 Å². The lowest BCUT2D eigenvalue weighted by Crippen LogP contribution is -1.99. The van der Waals surface area contributed by atoms with Crippen LogP contribution in [-0.4, -0.2) is 0 Å². The molecule has 2 aromatic carbocycles. The second-order valence-electron chi connectivity index (χ2n) is 4.41. The van der Waals surface area contributed by atoms with Gasteiger partial charge in [-0.25, -0.2) is 0 Å². The molecule has 0 bridgehead atoms. The zero-order valence-corrected chi connectivity index (χ0v) is 10.9. The maximum atomic E-state index is 5.90. The molecule has 0 radical (unpaired) electrons. The summed E-state index contributed by atoms with van der Waals surface area (Å²) in [6, 6.07) is 14.3. The Balaban J connectivity index is 2.24. The van der Waals surface area contributed by atoms with Crippen molar-refractivity contribution in [3.05, 3.63) is 59.2 Å². The quantitative estimate of drug-likeness (QED) is 0.883. The van der Waals surface area contributed by atoms with E-state index in [1.54, 1.807) is 0 Å². The van der Waals surface area contributed by atoms with Crippen molar-refractivity contribution in [1.82, 2.24) is 0 Å². The summed E-state index contributed by atoms with van der Waals surface area (Å²) in [4.78, 5) is 0. The van der Waals surface area contributed by atoms with Crippen LogP contribution in [0.5, 0.6) is 11.5 Å². The van der Waals surface area contributed by atoms with E-state index in [0.717, 1.165) is 23.5 Å². The lowest BCUT2D eigenvalue weighted by atomic mass is 10.1. The summed E-state index contributed by atoms with van der Waals surface area (Å²) in [6.07, 6.45) is 1.04. The highest BCUT2D eigenvalue weighted by atomic mass is 16.5. The molecule has 2 aromatic rings. The van der Waals surface area contributed by atoms with Crippen LogP contribution in [-0.2, 0) is 13.0 Å². The molecular weight excluding hydrogens is 222 g/mol. The first-order valence-corrected chi connectivity index (χ1v) is 6.29. The summed E-state index contributed by atoms with van der Waals surface area (Å²) in [6.45, 7) is 4.68. The van der Waals surface area contributed by atoms with Crippen molar-refractivity contribution in [2.45, 2.75) is 26.8 Å². The predicted molar refractivity (Wildman–Crippen MR) is 75.0 cm³/mol. The van der Waals surface area contributed by atoms with Crippen molar-refractivity contribution in [1.29, 1.82) is 0 Å². The molecule has 2 nitrogen and oxygen atoms in total. The minimum Gasteiger partial charge on any atom is -0.457 e. The van der Waals surface area contributed by atoms with Crippen molar-refractivity contribution in [3.8, 4) is 11.5 Å². The number of nitrogens with two attached hydrogens (primary N) is 1. The third-order valence-corrected chi connectivity index (χ3v) is 3.00. The molecule has 0 unspecified atom stereocenters. The number of aryl methyl sites for hydroxylation is 2. The van der Waals surface area contributed by atoms with Crippen molar-refractivity contribution in [3.63, 3.8) is 0 Å². The normalized spacial score (nSPS) is 10.4. The van der Waals surface area contributed by atoms with Gasteiger partial charge in [0.1, 0.15) is 11.5 Å². The van der Waals surface area contributed by atoms with E-state index in [4.69, 9.17) is 10.5 Å². The van der Waals surface area contributed by atoms with Crippen LogP contribution < -0.4 is 10.5 Å². The molecule has 0 saturated carbocycles. The molecule has 0 atom stereocenters. The minimum absolute atomic E-state index is 0.489. The van der Waals surface area contributed by atoms with Crippen LogP contribution in [0.15, 0.2) is 42.5 Å². The number of hydrogen-bond acceptors (Lipinski definition) is 2. The van der Waals surface area contributed by atoms with Gasteiger partial charge < -0.3 is 10.5 Å². The zero-order chi connectivity index (χ0) is 13.0. The van der Waals surface area contributed by atoms with Crippen molar-refractivity contribution < 1.29 is 4.74 Å². The van der Waals surface area contributed by atoms with Crippen molar-refractivity contribution in [2.24, 2.45) is 5.73 Å². The molecule has 0 aliphatic rings. The van der Waals surface area contributed by atoms with Crippen LogP contribution in [0.3, 0.4) is 0 Å². The fourth-order valence-corrected chi connectivity index (χ4v) is 1.85. The molecule has 0 saturated heterocycles. The van der Waals surface area contributed by atoms with Crippen LogP contribution >= 0.6 is 0 Å². The SMILES string of the molecule is CCc1ccc(Oc2cc(C)ccc2CN)cc1. The van der Waals surface area contributed by atoms with E-state index in [0.29, 0.717) is 6.54 Å². The monoisotopic (exact) mass is 241 g/mol. The second kappa shape index (κ2) is 5.69. The molecule has 18 heavy (non-hydrogen) atoms. The van der Waals surface area contributed by atoms with Gasteiger partial charge in [-0.3, -0.25) is 0 Å². The molecule has 94 valence electrons. The van der Waals surface area contributed by atoms with E-state index >= 15 is 0 Å². The number of rotatable bonds is 4. The molecule has 0 spiro atoms. The summed E-state index contributed by atoms with van der Waals surface area (Å²) < 4.78 is 5.90. The molecule has 0 heterocycles. The summed E-state index contributed by atoms with van der Waals surface area (Å²) >= 11 is 0. The highest BCUT2D eigenvalue weighted by Crippen LogP contribution is 2.26. The topological polar surface area (TPSA) is 35.2 Å². The number of benzene rings is 2. The van der Waals surface area contributed by atoms with E-state index in [1.165, 1.54) is 11.1 Å². The van der Waals surface area contributed by atoms with Crippen LogP contribution in [0, 0.1) is 6.92 Å². The van der Waals surface area contributed by atoms with Gasteiger partial charge in [0, 0.05) is 12.1 Å². The van der Waals surface area contributed by atoms with Gasteiger partial charge in [-0.1, -0.05) is 31.2 Å². The fourth-order valence-electron chi connectivity index (χ4n) is 1.85. The molecule has 2 N–H and O–H groups in total. The summed E-state index contributed by atoms with van der Waals surface area (Å²) in [5, 5.41) is 0. The van der Waals surface area contributed by atoms with Gasteiger partial charge in [0.15, 0.2) is 0 Å². The van der Waals surface area contributed by atoms with Gasteiger partial charge in [-0.2, -0.15) is 0 Å². The Kier molecular flexibility index (Phi) is 4.00. The van der Waals surface area contributed by atoms with E-state index in [2.05, 4.69) is 25.1 Å². The minimum atomic E-state index is 0.489. The first kappa shape index (κ1) is 12.7. The molecular formula is C16H19NO. The van der Waals surface area contributed by atoms with E-state index in [9.17, 15) is 0 Å². The van der Waals surface area contributed by atoms with Gasteiger partial charge in [0.05, 0.1) is 0 Å². The smallest absolute Gasteiger partial charge is 0.132 e. The molecule has 2 heteroatoms. The third kappa shape index (κ3) is 2.90. The lowest BCUT2D eigenvalue weighted by Gasteiger charge is -2.11. The summed E-state index contributed by atoms with van der Waals surface area (Å²) in [5.74, 6) is 1.70. The molecule has 0 aliphatic heterocycles. The Morgan fingerprint density at radius 1 is 1.06 bits per heavy atom. The standard InChI is InChI=1S/C16H19NO/c1-3-13-5-8-15(9-6-13)18-16-10-12(2)4-7-14(16)11-17/h4-10H,3,11,17H2,1-2H3. The largest absolute Gasteiger partial charge is 0.457 e. The first-order valence-electron chi connectivity index (χ1n) is 6.29. The Labute approximate surface area is 108 Å². The fraction of sp³-hybridized carbons (Fsp3) is 0.250. The first-order chi connectivity index (χ1) is 8.72. The predicted octanol–water partition coefficient (Wildman–Crippen LogP) is 3.81. The lowest BCUT2D eigenvalue weighted by molar-refractivity contribution is 0.476. The number of ether oxygens (including phenoxy) is 1. The van der Waals surface area contributed by atoms with Gasteiger partial charge in [0.2, 0.25) is 0 Å². The second-order valence-corrected chi connectivity index (χ2v) is 4.41. The Morgan fingerprint density at radius 2 is 1.78 bits per heavy atom. The maximum Gasteiger partial charge on any atom is 0.132 e. The molecule has 0 amide bonds. The van der Waals surface area contributed by atoms with E-state index < -0.39 is 0 Å². The van der Waals surface area contributed by atoms with Crippen molar-refractivity contribution in [2.75, 3.05) is 0 Å². The maximum absolute atomic E-state index is 5.90. The average Bonchev–Trinajstić information content (AvgIpc) is 2.40. The molecule has 0 aromatic heterocycles. The highest BCUT2D eigenvalue weighted by Gasteiger charge is 2.04. The molecule has 0 aliphatic carbocycles. The molecule has 0 fully saturated rings. The van der Waals surface area contributed by atoms with Crippen LogP contribution in [0.2, 0.25) is 0 Å².